The lowest BCUT2D eigenvalue weighted by Gasteiger charge is -2.13. The van der Waals surface area contributed by atoms with E-state index < -0.39 is 5.97 Å². The van der Waals surface area contributed by atoms with Crippen LogP contribution in [-0.4, -0.2) is 31.0 Å². The van der Waals surface area contributed by atoms with Gasteiger partial charge in [0.05, 0.1) is 0 Å². The number of carboxylic acid groups (broad SMARTS) is 1. The van der Waals surface area contributed by atoms with Crippen LogP contribution in [0.3, 0.4) is 0 Å². The molecule has 0 aliphatic heterocycles. The number of nitrogens with zero attached hydrogens (tertiary/aromatic N) is 1. The maximum atomic E-state index is 12.7. The maximum Gasteiger partial charge on any atom is 0.328 e. The molecule has 0 saturated heterocycles. The summed E-state index contributed by atoms with van der Waals surface area (Å²) in [5.74, 6) is -1.41. The average molecular weight is 349 g/mol. The second kappa shape index (κ2) is 8.81. The van der Waals surface area contributed by atoms with Gasteiger partial charge in [-0.15, -0.1) is 0 Å². The van der Waals surface area contributed by atoms with Crippen molar-refractivity contribution in [2.75, 3.05) is 19.0 Å². The first-order chi connectivity index (χ1) is 12.4. The summed E-state index contributed by atoms with van der Waals surface area (Å²) in [5, 5.41) is 8.92. The van der Waals surface area contributed by atoms with Gasteiger partial charge in [0.25, 0.3) is 0 Å². The minimum Gasteiger partial charge on any atom is -0.478 e. The van der Waals surface area contributed by atoms with Gasteiger partial charge < -0.3 is 10.0 Å². The molecular formula is C22H23NO3. The molecule has 0 aliphatic rings. The van der Waals surface area contributed by atoms with Crippen LogP contribution in [0.5, 0.6) is 0 Å². The summed E-state index contributed by atoms with van der Waals surface area (Å²) >= 11 is 0. The molecule has 2 aromatic rings. The third kappa shape index (κ3) is 5.18. The highest BCUT2D eigenvalue weighted by atomic mass is 16.4. The van der Waals surface area contributed by atoms with Crippen LogP contribution in [0.4, 0.5) is 5.69 Å². The summed E-state index contributed by atoms with van der Waals surface area (Å²) in [5.41, 5.74) is 3.24. The van der Waals surface area contributed by atoms with Gasteiger partial charge in [-0.25, -0.2) is 4.79 Å². The summed E-state index contributed by atoms with van der Waals surface area (Å²) in [6.07, 6.45) is 4.41. The minimum atomic E-state index is -1.02. The Morgan fingerprint density at radius 3 is 2.08 bits per heavy atom. The first kappa shape index (κ1) is 19.2. The van der Waals surface area contributed by atoms with Crippen molar-refractivity contribution in [2.24, 2.45) is 5.92 Å². The molecule has 2 rings (SSSR count). The van der Waals surface area contributed by atoms with Gasteiger partial charge in [-0.1, -0.05) is 43.3 Å². The summed E-state index contributed by atoms with van der Waals surface area (Å²) in [7, 11) is 3.90. The zero-order valence-corrected chi connectivity index (χ0v) is 15.2. The third-order valence-corrected chi connectivity index (χ3v) is 4.02. The second-order valence-corrected chi connectivity index (χ2v) is 6.25. The van der Waals surface area contributed by atoms with E-state index in [1.165, 1.54) is 6.08 Å². The second-order valence-electron chi connectivity index (χ2n) is 6.25. The van der Waals surface area contributed by atoms with Gasteiger partial charge in [0.15, 0.2) is 5.78 Å². The van der Waals surface area contributed by atoms with Gasteiger partial charge in [0.2, 0.25) is 0 Å². The lowest BCUT2D eigenvalue weighted by Crippen LogP contribution is -2.11. The van der Waals surface area contributed by atoms with E-state index in [-0.39, 0.29) is 11.7 Å². The molecule has 26 heavy (non-hydrogen) atoms. The number of hydrogen-bond donors (Lipinski definition) is 1. The van der Waals surface area contributed by atoms with Gasteiger partial charge >= 0.3 is 5.97 Å². The van der Waals surface area contributed by atoms with E-state index in [2.05, 4.69) is 0 Å². The quantitative estimate of drug-likeness (QED) is 0.460. The van der Waals surface area contributed by atoms with E-state index in [4.69, 9.17) is 5.11 Å². The molecule has 4 nitrogen and oxygen atoms in total. The van der Waals surface area contributed by atoms with Crippen molar-refractivity contribution in [3.63, 3.8) is 0 Å². The molecule has 0 radical (unpaired) electrons. The zero-order chi connectivity index (χ0) is 19.1. The van der Waals surface area contributed by atoms with E-state index >= 15 is 0 Å². The Bertz CT molecular complexity index is 818. The Balaban J connectivity index is 2.29. The van der Waals surface area contributed by atoms with Crippen molar-refractivity contribution in [1.29, 1.82) is 0 Å². The summed E-state index contributed by atoms with van der Waals surface area (Å²) in [4.78, 5) is 25.6. The minimum absolute atomic E-state index is 0.00698. The monoisotopic (exact) mass is 349 g/mol. The molecule has 0 aromatic heterocycles. The van der Waals surface area contributed by atoms with Gasteiger partial charge in [-0.05, 0) is 41.5 Å². The molecule has 0 bridgehead atoms. The number of ketones is 1. The smallest absolute Gasteiger partial charge is 0.328 e. The summed E-state index contributed by atoms with van der Waals surface area (Å²) in [6, 6.07) is 16.9. The van der Waals surface area contributed by atoms with Crippen molar-refractivity contribution < 1.29 is 14.7 Å². The molecule has 134 valence electrons. The van der Waals surface area contributed by atoms with Crippen molar-refractivity contribution in [2.45, 2.75) is 6.92 Å². The number of carbonyl (C=O) groups excluding carboxylic acids is 1. The Labute approximate surface area is 154 Å². The molecule has 1 unspecified atom stereocenters. The number of rotatable bonds is 7. The van der Waals surface area contributed by atoms with Crippen molar-refractivity contribution in [3.8, 4) is 0 Å². The van der Waals surface area contributed by atoms with Crippen LogP contribution in [0.15, 0.2) is 72.8 Å². The highest BCUT2D eigenvalue weighted by molar-refractivity contribution is 6.00. The van der Waals surface area contributed by atoms with E-state index in [0.29, 0.717) is 11.1 Å². The fourth-order valence-corrected chi connectivity index (χ4v) is 2.57. The predicted octanol–water partition coefficient (Wildman–Crippen LogP) is 4.30. The molecule has 0 aliphatic carbocycles. The number of anilines is 1. The van der Waals surface area contributed by atoms with Crippen molar-refractivity contribution in [1.82, 2.24) is 0 Å². The van der Waals surface area contributed by atoms with Crippen LogP contribution in [0.1, 0.15) is 22.8 Å². The SMILES string of the molecule is CC(/C=C(\C=C\C(=O)O)c1ccccc1)C(=O)c1ccc(N(C)C)cc1. The number of allylic oxidation sites excluding steroid dienone is 3. The molecule has 0 saturated carbocycles. The number of hydrogen-bond acceptors (Lipinski definition) is 3. The first-order valence-electron chi connectivity index (χ1n) is 8.38. The maximum absolute atomic E-state index is 12.7. The van der Waals surface area contributed by atoms with Crippen LogP contribution in [0, 0.1) is 5.92 Å². The lowest BCUT2D eigenvalue weighted by atomic mass is 9.94. The van der Waals surface area contributed by atoms with Gasteiger partial charge in [0, 0.05) is 37.3 Å². The Kier molecular flexibility index (Phi) is 6.50. The molecule has 2 aromatic carbocycles. The van der Waals surface area contributed by atoms with Gasteiger partial charge in [-0.2, -0.15) is 0 Å². The fourth-order valence-electron chi connectivity index (χ4n) is 2.57. The molecular weight excluding hydrogens is 326 g/mol. The number of aliphatic carboxylic acids is 1. The number of benzene rings is 2. The molecule has 1 N–H and O–H groups in total. The van der Waals surface area contributed by atoms with E-state index in [1.807, 2.05) is 80.5 Å². The zero-order valence-electron chi connectivity index (χ0n) is 15.2. The van der Waals surface area contributed by atoms with E-state index in [9.17, 15) is 9.59 Å². The standard InChI is InChI=1S/C22H23NO3/c1-16(22(26)18-9-12-20(13-10-18)23(2)3)15-19(11-14-21(24)25)17-7-5-4-6-8-17/h4-16H,1-3H3,(H,24,25)/b14-11+,19-15+. The number of carboxylic acids is 1. The Morgan fingerprint density at radius 1 is 0.923 bits per heavy atom. The van der Waals surface area contributed by atoms with Crippen LogP contribution in [0.2, 0.25) is 0 Å². The lowest BCUT2D eigenvalue weighted by molar-refractivity contribution is -0.131. The molecule has 0 spiro atoms. The van der Waals surface area contributed by atoms with Crippen molar-refractivity contribution in [3.05, 3.63) is 84.0 Å². The van der Waals surface area contributed by atoms with Crippen molar-refractivity contribution >= 4 is 23.0 Å². The number of Topliss-reactive ketones (excluding diaryl/α,β-unsaturated/α-hetero) is 1. The van der Waals surface area contributed by atoms with Crippen LogP contribution in [-0.2, 0) is 4.79 Å². The predicted molar refractivity (Wildman–Crippen MR) is 105 cm³/mol. The third-order valence-electron chi connectivity index (χ3n) is 4.02. The van der Waals surface area contributed by atoms with Crippen LogP contribution >= 0.6 is 0 Å². The van der Waals surface area contributed by atoms with Crippen LogP contribution in [0.25, 0.3) is 5.57 Å². The molecule has 0 amide bonds. The normalized spacial score (nSPS) is 12.8. The van der Waals surface area contributed by atoms with E-state index in [1.54, 1.807) is 6.08 Å². The Hall–Kier alpha value is -3.14. The van der Waals surface area contributed by atoms with E-state index in [0.717, 1.165) is 17.3 Å². The highest BCUT2D eigenvalue weighted by Crippen LogP contribution is 2.21. The summed E-state index contributed by atoms with van der Waals surface area (Å²) < 4.78 is 0. The molecule has 4 heteroatoms. The fraction of sp³-hybridized carbons (Fsp3) is 0.182. The number of carbonyl (C=O) groups is 2. The first-order valence-corrected chi connectivity index (χ1v) is 8.38. The largest absolute Gasteiger partial charge is 0.478 e. The van der Waals surface area contributed by atoms with Crippen LogP contribution < -0.4 is 4.90 Å². The van der Waals surface area contributed by atoms with Gasteiger partial charge in [0.1, 0.15) is 0 Å². The average Bonchev–Trinajstić information content (AvgIpc) is 2.65. The summed E-state index contributed by atoms with van der Waals surface area (Å²) in [6.45, 7) is 1.82. The molecule has 0 fully saturated rings. The molecule has 0 heterocycles. The topological polar surface area (TPSA) is 57.6 Å². The highest BCUT2D eigenvalue weighted by Gasteiger charge is 2.14. The molecule has 1 atom stereocenters. The Morgan fingerprint density at radius 2 is 1.54 bits per heavy atom. The van der Waals surface area contributed by atoms with Gasteiger partial charge in [-0.3, -0.25) is 4.79 Å².